The predicted octanol–water partition coefficient (Wildman–Crippen LogP) is 0.791. The summed E-state index contributed by atoms with van der Waals surface area (Å²) in [7, 11) is 1.36. The number of pyridine rings is 1. The van der Waals surface area contributed by atoms with Crippen LogP contribution in [0.4, 0.5) is 5.82 Å². The third-order valence-corrected chi connectivity index (χ3v) is 3.37. The van der Waals surface area contributed by atoms with Crippen LogP contribution in [-0.2, 0) is 14.3 Å². The van der Waals surface area contributed by atoms with E-state index < -0.39 is 6.10 Å². The Morgan fingerprint density at radius 3 is 2.95 bits per heavy atom. The SMILES string of the molecule is COC(=O)C1CN(c2ccc3nccnc3n2)C[C@@H](C)O1. The Kier molecular flexibility index (Phi) is 3.66. The van der Waals surface area contributed by atoms with E-state index in [-0.39, 0.29) is 12.1 Å². The van der Waals surface area contributed by atoms with E-state index in [1.807, 2.05) is 24.0 Å². The van der Waals surface area contributed by atoms with Crippen LogP contribution < -0.4 is 4.90 Å². The number of methoxy groups -OCH3 is 1. The van der Waals surface area contributed by atoms with Crippen molar-refractivity contribution >= 4 is 23.0 Å². The minimum absolute atomic E-state index is 0.0813. The zero-order valence-electron chi connectivity index (χ0n) is 11.9. The van der Waals surface area contributed by atoms with E-state index >= 15 is 0 Å². The van der Waals surface area contributed by atoms with Crippen molar-refractivity contribution in [3.63, 3.8) is 0 Å². The van der Waals surface area contributed by atoms with E-state index in [9.17, 15) is 4.79 Å². The number of hydrogen-bond acceptors (Lipinski definition) is 7. The summed E-state index contributed by atoms with van der Waals surface area (Å²) in [5.41, 5.74) is 1.33. The number of nitrogens with zero attached hydrogens (tertiary/aromatic N) is 4. The molecule has 3 rings (SSSR count). The molecule has 0 bridgehead atoms. The minimum atomic E-state index is -0.599. The first-order valence-electron chi connectivity index (χ1n) is 6.73. The normalized spacial score (nSPS) is 22.3. The van der Waals surface area contributed by atoms with Crippen molar-refractivity contribution in [3.8, 4) is 0 Å². The van der Waals surface area contributed by atoms with Crippen LogP contribution in [0.25, 0.3) is 11.2 Å². The van der Waals surface area contributed by atoms with Crippen molar-refractivity contribution in [2.45, 2.75) is 19.1 Å². The lowest BCUT2D eigenvalue weighted by atomic mass is 10.2. The molecule has 7 heteroatoms. The van der Waals surface area contributed by atoms with Crippen molar-refractivity contribution in [2.24, 2.45) is 0 Å². The van der Waals surface area contributed by atoms with Crippen LogP contribution in [-0.4, -0.2) is 53.3 Å². The molecule has 0 spiro atoms. The van der Waals surface area contributed by atoms with E-state index in [1.54, 1.807) is 12.4 Å². The molecule has 7 nitrogen and oxygen atoms in total. The van der Waals surface area contributed by atoms with E-state index in [0.717, 1.165) is 11.3 Å². The van der Waals surface area contributed by atoms with Gasteiger partial charge in [0.25, 0.3) is 0 Å². The number of hydrogen-bond donors (Lipinski definition) is 0. The lowest BCUT2D eigenvalue weighted by Crippen LogP contribution is -2.50. The fraction of sp³-hybridized carbons (Fsp3) is 0.429. The first-order valence-corrected chi connectivity index (χ1v) is 6.73. The van der Waals surface area contributed by atoms with Gasteiger partial charge in [0, 0.05) is 18.9 Å². The quantitative estimate of drug-likeness (QED) is 0.756. The van der Waals surface area contributed by atoms with Gasteiger partial charge in [-0.3, -0.25) is 4.98 Å². The molecule has 2 aromatic heterocycles. The zero-order chi connectivity index (χ0) is 14.8. The number of anilines is 1. The largest absolute Gasteiger partial charge is 0.467 e. The Bertz CT molecular complexity index is 663. The lowest BCUT2D eigenvalue weighted by Gasteiger charge is -2.36. The minimum Gasteiger partial charge on any atom is -0.467 e. The zero-order valence-corrected chi connectivity index (χ0v) is 11.9. The molecule has 0 saturated carbocycles. The number of carbonyl (C=O) groups excluding carboxylic acids is 1. The van der Waals surface area contributed by atoms with Gasteiger partial charge in [-0.25, -0.2) is 14.8 Å². The van der Waals surface area contributed by atoms with Crippen LogP contribution in [0.15, 0.2) is 24.5 Å². The smallest absolute Gasteiger partial charge is 0.336 e. The second-order valence-corrected chi connectivity index (χ2v) is 4.93. The maximum atomic E-state index is 11.7. The first-order chi connectivity index (χ1) is 10.2. The highest BCUT2D eigenvalue weighted by Crippen LogP contribution is 2.20. The highest BCUT2D eigenvalue weighted by atomic mass is 16.6. The third kappa shape index (κ3) is 2.78. The Morgan fingerprint density at radius 1 is 1.33 bits per heavy atom. The highest BCUT2D eigenvalue weighted by molar-refractivity contribution is 5.76. The Labute approximate surface area is 121 Å². The summed E-state index contributed by atoms with van der Waals surface area (Å²) in [6.45, 7) is 2.99. The second-order valence-electron chi connectivity index (χ2n) is 4.93. The molecular formula is C14H16N4O3. The molecule has 2 atom stereocenters. The van der Waals surface area contributed by atoms with Crippen molar-refractivity contribution < 1.29 is 14.3 Å². The molecule has 0 N–H and O–H groups in total. The van der Waals surface area contributed by atoms with E-state index in [0.29, 0.717) is 18.7 Å². The standard InChI is InChI=1S/C14H16N4O3/c1-9-7-18(8-11(21-9)14(19)20-2)12-4-3-10-13(17-12)16-6-5-15-10/h3-6,9,11H,7-8H2,1-2H3/t9-,11?/m1/s1. The number of morpholine rings is 1. The number of carbonyl (C=O) groups is 1. The summed E-state index contributed by atoms with van der Waals surface area (Å²) in [4.78, 5) is 26.6. The van der Waals surface area contributed by atoms with Crippen LogP contribution in [0.1, 0.15) is 6.92 Å². The number of aromatic nitrogens is 3. The van der Waals surface area contributed by atoms with Crippen LogP contribution in [0, 0.1) is 0 Å². The van der Waals surface area contributed by atoms with Gasteiger partial charge in [0.1, 0.15) is 11.3 Å². The molecule has 3 heterocycles. The van der Waals surface area contributed by atoms with Crippen LogP contribution in [0.2, 0.25) is 0 Å². The van der Waals surface area contributed by atoms with Crippen molar-refractivity contribution in [1.82, 2.24) is 15.0 Å². The van der Waals surface area contributed by atoms with Gasteiger partial charge in [-0.05, 0) is 19.1 Å². The number of fused-ring (bicyclic) bond motifs is 1. The fourth-order valence-electron chi connectivity index (χ4n) is 2.42. The highest BCUT2D eigenvalue weighted by Gasteiger charge is 2.31. The van der Waals surface area contributed by atoms with Gasteiger partial charge in [0.2, 0.25) is 0 Å². The van der Waals surface area contributed by atoms with Crippen molar-refractivity contribution in [3.05, 3.63) is 24.5 Å². The average molecular weight is 288 g/mol. The average Bonchev–Trinajstić information content (AvgIpc) is 2.53. The van der Waals surface area contributed by atoms with Gasteiger partial charge in [0.05, 0.1) is 19.8 Å². The summed E-state index contributed by atoms with van der Waals surface area (Å²) >= 11 is 0. The topological polar surface area (TPSA) is 77.4 Å². The summed E-state index contributed by atoms with van der Waals surface area (Å²) in [5.74, 6) is 0.388. The van der Waals surface area contributed by atoms with Gasteiger partial charge in [-0.15, -0.1) is 0 Å². The van der Waals surface area contributed by atoms with Gasteiger partial charge in [-0.1, -0.05) is 0 Å². The van der Waals surface area contributed by atoms with Gasteiger partial charge >= 0.3 is 5.97 Å². The molecule has 1 unspecified atom stereocenters. The lowest BCUT2D eigenvalue weighted by molar-refractivity contribution is -0.158. The summed E-state index contributed by atoms with van der Waals surface area (Å²) in [5, 5.41) is 0. The summed E-state index contributed by atoms with van der Waals surface area (Å²) in [6, 6.07) is 3.75. The van der Waals surface area contributed by atoms with Crippen molar-refractivity contribution in [1.29, 1.82) is 0 Å². The fourth-order valence-corrected chi connectivity index (χ4v) is 2.42. The molecule has 110 valence electrons. The van der Waals surface area contributed by atoms with Gasteiger partial charge < -0.3 is 14.4 Å². The van der Waals surface area contributed by atoms with Gasteiger partial charge in [-0.2, -0.15) is 0 Å². The summed E-state index contributed by atoms with van der Waals surface area (Å²) in [6.07, 6.45) is 2.56. The van der Waals surface area contributed by atoms with Crippen LogP contribution >= 0.6 is 0 Å². The third-order valence-electron chi connectivity index (χ3n) is 3.37. The first kappa shape index (κ1) is 13.7. The molecule has 1 aliphatic rings. The molecule has 0 aromatic carbocycles. The van der Waals surface area contributed by atoms with E-state index in [2.05, 4.69) is 15.0 Å². The molecule has 0 aliphatic carbocycles. The number of ether oxygens (including phenoxy) is 2. The molecule has 0 radical (unpaired) electrons. The summed E-state index contributed by atoms with van der Waals surface area (Å²) < 4.78 is 10.4. The molecule has 1 saturated heterocycles. The Morgan fingerprint density at radius 2 is 2.14 bits per heavy atom. The van der Waals surface area contributed by atoms with Crippen molar-refractivity contribution in [2.75, 3.05) is 25.1 Å². The monoisotopic (exact) mass is 288 g/mol. The molecule has 2 aromatic rings. The predicted molar refractivity (Wildman–Crippen MR) is 75.9 cm³/mol. The second kappa shape index (κ2) is 5.61. The van der Waals surface area contributed by atoms with E-state index in [4.69, 9.17) is 9.47 Å². The molecule has 21 heavy (non-hydrogen) atoms. The number of esters is 1. The van der Waals surface area contributed by atoms with Crippen LogP contribution in [0.3, 0.4) is 0 Å². The molecule has 1 fully saturated rings. The van der Waals surface area contributed by atoms with Crippen LogP contribution in [0.5, 0.6) is 0 Å². The maximum absolute atomic E-state index is 11.7. The Hall–Kier alpha value is -2.28. The molecule has 1 aliphatic heterocycles. The van der Waals surface area contributed by atoms with Gasteiger partial charge in [0.15, 0.2) is 11.8 Å². The molecular weight excluding hydrogens is 272 g/mol. The van der Waals surface area contributed by atoms with E-state index in [1.165, 1.54) is 7.11 Å². The number of rotatable bonds is 2. The maximum Gasteiger partial charge on any atom is 0.336 e. The Balaban J connectivity index is 1.88. The molecule has 0 amide bonds.